The number of para-hydroxylation sites is 1. The maximum Gasteiger partial charge on any atom is 0.126 e. The highest BCUT2D eigenvalue weighted by Gasteiger charge is 2.05. The van der Waals surface area contributed by atoms with Gasteiger partial charge in [0.15, 0.2) is 0 Å². The molecule has 0 radical (unpaired) electrons. The second kappa shape index (κ2) is 5.17. The van der Waals surface area contributed by atoms with Crippen LogP contribution in [0.2, 0.25) is 0 Å². The summed E-state index contributed by atoms with van der Waals surface area (Å²) < 4.78 is 0. The summed E-state index contributed by atoms with van der Waals surface area (Å²) in [5.74, 6) is 0.790. The third-order valence-corrected chi connectivity index (χ3v) is 3.16. The van der Waals surface area contributed by atoms with Crippen LogP contribution in [-0.4, -0.2) is 9.97 Å². The molecule has 0 atom stereocenters. The van der Waals surface area contributed by atoms with Gasteiger partial charge in [0.1, 0.15) is 5.82 Å². The first-order chi connectivity index (χ1) is 9.72. The molecule has 3 rings (SSSR count). The minimum Gasteiger partial charge on any atom is -0.399 e. The summed E-state index contributed by atoms with van der Waals surface area (Å²) in [5, 5.41) is 4.45. The number of nitrogen functional groups attached to an aromatic ring is 1. The molecule has 0 aliphatic heterocycles. The largest absolute Gasteiger partial charge is 0.399 e. The van der Waals surface area contributed by atoms with E-state index in [0.717, 1.165) is 33.8 Å². The number of benzene rings is 2. The summed E-state index contributed by atoms with van der Waals surface area (Å²) in [6.07, 6.45) is 0. The molecule has 0 amide bonds. The van der Waals surface area contributed by atoms with Crippen molar-refractivity contribution in [2.24, 2.45) is 0 Å². The maximum atomic E-state index is 5.68. The number of rotatable bonds is 3. The van der Waals surface area contributed by atoms with Crippen LogP contribution in [0.15, 0.2) is 48.5 Å². The van der Waals surface area contributed by atoms with Crippen molar-refractivity contribution >= 4 is 22.3 Å². The molecule has 20 heavy (non-hydrogen) atoms. The van der Waals surface area contributed by atoms with Crippen molar-refractivity contribution < 1.29 is 0 Å². The van der Waals surface area contributed by atoms with Crippen LogP contribution >= 0.6 is 0 Å². The maximum absolute atomic E-state index is 5.68. The number of nitrogens with one attached hydrogen (secondary N) is 1. The quantitative estimate of drug-likeness (QED) is 0.713. The molecule has 0 bridgehead atoms. The van der Waals surface area contributed by atoms with Gasteiger partial charge in [0, 0.05) is 16.8 Å². The lowest BCUT2D eigenvalue weighted by Crippen LogP contribution is -2.05. The summed E-state index contributed by atoms with van der Waals surface area (Å²) >= 11 is 0. The average molecular weight is 264 g/mol. The highest BCUT2D eigenvalue weighted by Crippen LogP contribution is 2.17. The van der Waals surface area contributed by atoms with Crippen LogP contribution < -0.4 is 11.1 Å². The van der Waals surface area contributed by atoms with Gasteiger partial charge in [0.05, 0.1) is 17.8 Å². The molecule has 0 aliphatic rings. The third kappa shape index (κ3) is 2.54. The first kappa shape index (κ1) is 12.4. The highest BCUT2D eigenvalue weighted by molar-refractivity contribution is 5.81. The predicted molar refractivity (Wildman–Crippen MR) is 82.5 cm³/mol. The van der Waals surface area contributed by atoms with Crippen LogP contribution in [0.25, 0.3) is 10.9 Å². The Kier molecular flexibility index (Phi) is 3.21. The van der Waals surface area contributed by atoms with Gasteiger partial charge in [0.2, 0.25) is 0 Å². The lowest BCUT2D eigenvalue weighted by Gasteiger charge is -2.09. The Morgan fingerprint density at radius 3 is 2.55 bits per heavy atom. The molecule has 4 heteroatoms. The van der Waals surface area contributed by atoms with E-state index in [9.17, 15) is 0 Å². The average Bonchev–Trinajstić information content (AvgIpc) is 2.46. The fourth-order valence-corrected chi connectivity index (χ4v) is 2.19. The zero-order chi connectivity index (χ0) is 13.9. The lowest BCUT2D eigenvalue weighted by molar-refractivity contribution is 0.988. The Morgan fingerprint density at radius 2 is 1.75 bits per heavy atom. The van der Waals surface area contributed by atoms with Gasteiger partial charge in [0.25, 0.3) is 0 Å². The van der Waals surface area contributed by atoms with E-state index in [4.69, 9.17) is 5.73 Å². The van der Waals surface area contributed by atoms with Crippen molar-refractivity contribution in [1.82, 2.24) is 9.97 Å². The molecule has 100 valence electrons. The van der Waals surface area contributed by atoms with Crippen molar-refractivity contribution in [1.29, 1.82) is 0 Å². The molecular weight excluding hydrogens is 248 g/mol. The first-order valence-corrected chi connectivity index (χ1v) is 6.54. The monoisotopic (exact) mass is 264 g/mol. The molecule has 0 saturated carbocycles. The minimum atomic E-state index is 0.661. The summed E-state index contributed by atoms with van der Waals surface area (Å²) in [6.45, 7) is 2.58. The Hall–Kier alpha value is -2.62. The Bertz CT molecular complexity index is 735. The number of hydrogen-bond acceptors (Lipinski definition) is 4. The van der Waals surface area contributed by atoms with Gasteiger partial charge in [-0.2, -0.15) is 0 Å². The van der Waals surface area contributed by atoms with Crippen molar-refractivity contribution in [3.63, 3.8) is 0 Å². The van der Waals surface area contributed by atoms with E-state index in [1.165, 1.54) is 0 Å². The standard InChI is InChI=1S/C16H16N4/c1-11-19-15-5-3-2-4-14(15)16(20-11)10-18-13-8-6-12(17)7-9-13/h2-9,18H,10,17H2,1H3. The molecule has 0 aliphatic carbocycles. The number of nitrogens with two attached hydrogens (primary N) is 1. The third-order valence-electron chi connectivity index (χ3n) is 3.16. The summed E-state index contributed by atoms with van der Waals surface area (Å²) in [6, 6.07) is 15.7. The number of aryl methyl sites for hydroxylation is 1. The predicted octanol–water partition coefficient (Wildman–Crippen LogP) is 3.13. The van der Waals surface area contributed by atoms with E-state index in [1.807, 2.05) is 49.4 Å². The fraction of sp³-hybridized carbons (Fsp3) is 0.125. The smallest absolute Gasteiger partial charge is 0.126 e. The van der Waals surface area contributed by atoms with Crippen LogP contribution in [0.5, 0.6) is 0 Å². The SMILES string of the molecule is Cc1nc(CNc2ccc(N)cc2)c2ccccc2n1. The van der Waals surface area contributed by atoms with Gasteiger partial charge in [-0.15, -0.1) is 0 Å². The molecule has 1 aromatic heterocycles. The second-order valence-electron chi connectivity index (χ2n) is 4.71. The first-order valence-electron chi connectivity index (χ1n) is 6.54. The molecule has 2 aromatic carbocycles. The number of anilines is 2. The van der Waals surface area contributed by atoms with Gasteiger partial charge in [-0.1, -0.05) is 18.2 Å². The number of fused-ring (bicyclic) bond motifs is 1. The van der Waals surface area contributed by atoms with E-state index in [1.54, 1.807) is 0 Å². The van der Waals surface area contributed by atoms with E-state index in [-0.39, 0.29) is 0 Å². The molecule has 1 heterocycles. The van der Waals surface area contributed by atoms with Crippen molar-refractivity contribution in [3.8, 4) is 0 Å². The van der Waals surface area contributed by atoms with Gasteiger partial charge in [-0.3, -0.25) is 0 Å². The Balaban J connectivity index is 1.88. The molecule has 3 aromatic rings. The number of hydrogen-bond donors (Lipinski definition) is 2. The van der Waals surface area contributed by atoms with Crippen molar-refractivity contribution in [3.05, 3.63) is 60.0 Å². The van der Waals surface area contributed by atoms with Crippen LogP contribution in [0, 0.1) is 6.92 Å². The topological polar surface area (TPSA) is 63.8 Å². The molecule has 4 nitrogen and oxygen atoms in total. The Morgan fingerprint density at radius 1 is 1.00 bits per heavy atom. The van der Waals surface area contributed by atoms with E-state index >= 15 is 0 Å². The van der Waals surface area contributed by atoms with Crippen molar-refractivity contribution in [2.75, 3.05) is 11.1 Å². The minimum absolute atomic E-state index is 0.661. The Labute approximate surface area is 117 Å². The normalized spacial score (nSPS) is 10.7. The van der Waals surface area contributed by atoms with Gasteiger partial charge in [-0.25, -0.2) is 9.97 Å². The van der Waals surface area contributed by atoms with Crippen LogP contribution in [0.3, 0.4) is 0 Å². The number of nitrogens with zero attached hydrogens (tertiary/aromatic N) is 2. The molecular formula is C16H16N4. The van der Waals surface area contributed by atoms with E-state index in [2.05, 4.69) is 21.4 Å². The molecule has 3 N–H and O–H groups in total. The lowest BCUT2D eigenvalue weighted by atomic mass is 10.2. The fourth-order valence-electron chi connectivity index (χ4n) is 2.19. The molecule has 0 spiro atoms. The van der Waals surface area contributed by atoms with Crippen LogP contribution in [0.1, 0.15) is 11.5 Å². The number of aromatic nitrogens is 2. The van der Waals surface area contributed by atoms with Gasteiger partial charge >= 0.3 is 0 Å². The molecule has 0 saturated heterocycles. The molecule has 0 unspecified atom stereocenters. The van der Waals surface area contributed by atoms with Crippen LogP contribution in [-0.2, 0) is 6.54 Å². The summed E-state index contributed by atoms with van der Waals surface area (Å²) in [4.78, 5) is 8.98. The zero-order valence-corrected chi connectivity index (χ0v) is 11.3. The highest BCUT2D eigenvalue weighted by atomic mass is 14.9. The summed E-state index contributed by atoms with van der Waals surface area (Å²) in [5.41, 5.74) is 9.46. The van der Waals surface area contributed by atoms with Crippen molar-refractivity contribution in [2.45, 2.75) is 13.5 Å². The van der Waals surface area contributed by atoms with E-state index < -0.39 is 0 Å². The van der Waals surface area contributed by atoms with E-state index in [0.29, 0.717) is 6.54 Å². The summed E-state index contributed by atoms with van der Waals surface area (Å²) in [7, 11) is 0. The second-order valence-corrected chi connectivity index (χ2v) is 4.71. The van der Waals surface area contributed by atoms with Crippen LogP contribution in [0.4, 0.5) is 11.4 Å². The van der Waals surface area contributed by atoms with Gasteiger partial charge < -0.3 is 11.1 Å². The van der Waals surface area contributed by atoms with Gasteiger partial charge in [-0.05, 0) is 37.3 Å². The molecule has 0 fully saturated rings. The zero-order valence-electron chi connectivity index (χ0n) is 11.3.